The van der Waals surface area contributed by atoms with Crippen molar-refractivity contribution in [2.45, 2.75) is 12.8 Å². The number of carbonyl (C=O) groups is 2. The van der Waals surface area contributed by atoms with E-state index >= 15 is 0 Å². The summed E-state index contributed by atoms with van der Waals surface area (Å²) in [4.78, 5) is 21.8. The first kappa shape index (κ1) is 12.5. The number of carboxylic acids is 1. The van der Waals surface area contributed by atoms with Crippen molar-refractivity contribution in [2.75, 3.05) is 6.61 Å². The van der Waals surface area contributed by atoms with Crippen LogP contribution in [0.25, 0.3) is 10.8 Å². The van der Waals surface area contributed by atoms with Crippen molar-refractivity contribution in [3.8, 4) is 11.5 Å². The lowest BCUT2D eigenvalue weighted by molar-refractivity contribution is -0.139. The average molecular weight is 272 g/mol. The SMILES string of the molecule is O=C(O)COc1ccc2c3c(ccc2c1)OC(=O)CC3. The summed E-state index contributed by atoms with van der Waals surface area (Å²) in [7, 11) is 0. The Bertz CT molecular complexity index is 705. The largest absolute Gasteiger partial charge is 0.482 e. The van der Waals surface area contributed by atoms with Crippen LogP contribution in [0.15, 0.2) is 30.3 Å². The Morgan fingerprint density at radius 2 is 2.10 bits per heavy atom. The molecular weight excluding hydrogens is 260 g/mol. The number of fused-ring (bicyclic) bond motifs is 3. The summed E-state index contributed by atoms with van der Waals surface area (Å²) in [6.45, 7) is -0.367. The number of hydrogen-bond acceptors (Lipinski definition) is 4. The zero-order chi connectivity index (χ0) is 14.1. The highest BCUT2D eigenvalue weighted by Gasteiger charge is 2.19. The van der Waals surface area contributed by atoms with Gasteiger partial charge in [-0.1, -0.05) is 12.1 Å². The van der Waals surface area contributed by atoms with Gasteiger partial charge in [-0.05, 0) is 35.4 Å². The van der Waals surface area contributed by atoms with E-state index < -0.39 is 5.97 Å². The number of benzene rings is 2. The molecule has 20 heavy (non-hydrogen) atoms. The lowest BCUT2D eigenvalue weighted by atomic mass is 9.98. The normalized spacial score (nSPS) is 13.7. The molecule has 1 aliphatic rings. The minimum Gasteiger partial charge on any atom is -0.482 e. The fourth-order valence-corrected chi connectivity index (χ4v) is 2.34. The number of aliphatic carboxylic acids is 1. The summed E-state index contributed by atoms with van der Waals surface area (Å²) in [5.41, 5.74) is 1.01. The molecule has 0 fully saturated rings. The Balaban J connectivity index is 1.98. The van der Waals surface area contributed by atoms with E-state index in [9.17, 15) is 9.59 Å². The van der Waals surface area contributed by atoms with Crippen molar-refractivity contribution in [3.63, 3.8) is 0 Å². The van der Waals surface area contributed by atoms with E-state index in [-0.39, 0.29) is 12.6 Å². The second kappa shape index (κ2) is 4.85. The molecule has 0 aromatic heterocycles. The molecule has 1 N–H and O–H groups in total. The number of ether oxygens (including phenoxy) is 2. The van der Waals surface area contributed by atoms with Gasteiger partial charge in [-0.3, -0.25) is 4.79 Å². The van der Waals surface area contributed by atoms with E-state index in [4.69, 9.17) is 14.6 Å². The molecule has 0 atom stereocenters. The molecule has 0 bridgehead atoms. The van der Waals surface area contributed by atoms with Gasteiger partial charge in [0.2, 0.25) is 0 Å². The molecule has 0 aliphatic carbocycles. The van der Waals surface area contributed by atoms with Crippen LogP contribution in [0, 0.1) is 0 Å². The van der Waals surface area contributed by atoms with Crippen LogP contribution in [-0.4, -0.2) is 23.7 Å². The second-order valence-corrected chi connectivity index (χ2v) is 4.58. The third-order valence-corrected chi connectivity index (χ3v) is 3.23. The zero-order valence-electron chi connectivity index (χ0n) is 10.6. The Hall–Kier alpha value is -2.56. The first-order valence-corrected chi connectivity index (χ1v) is 6.24. The van der Waals surface area contributed by atoms with Crippen LogP contribution >= 0.6 is 0 Å². The summed E-state index contributed by atoms with van der Waals surface area (Å²) < 4.78 is 10.4. The maximum atomic E-state index is 11.3. The molecule has 2 aromatic carbocycles. The van der Waals surface area contributed by atoms with Gasteiger partial charge in [-0.25, -0.2) is 4.79 Å². The summed E-state index contributed by atoms with van der Waals surface area (Å²) in [5.74, 6) is -0.110. The van der Waals surface area contributed by atoms with Gasteiger partial charge in [0.25, 0.3) is 0 Å². The van der Waals surface area contributed by atoms with Crippen LogP contribution in [0.2, 0.25) is 0 Å². The number of aryl methyl sites for hydroxylation is 1. The molecule has 0 saturated heterocycles. The van der Waals surface area contributed by atoms with Crippen LogP contribution < -0.4 is 9.47 Å². The Labute approximate surface area is 114 Å². The quantitative estimate of drug-likeness (QED) is 0.684. The minimum atomic E-state index is -1.01. The summed E-state index contributed by atoms with van der Waals surface area (Å²) >= 11 is 0. The molecule has 0 saturated carbocycles. The lowest BCUT2D eigenvalue weighted by Gasteiger charge is -2.17. The highest BCUT2D eigenvalue weighted by atomic mass is 16.5. The van der Waals surface area contributed by atoms with Crippen LogP contribution in [0.1, 0.15) is 12.0 Å². The van der Waals surface area contributed by atoms with Crippen LogP contribution in [-0.2, 0) is 16.0 Å². The predicted octanol–water partition coefficient (Wildman–Crippen LogP) is 2.15. The third-order valence-electron chi connectivity index (χ3n) is 3.23. The van der Waals surface area contributed by atoms with Crippen molar-refractivity contribution in [2.24, 2.45) is 0 Å². The van der Waals surface area contributed by atoms with Gasteiger partial charge >= 0.3 is 11.9 Å². The van der Waals surface area contributed by atoms with Gasteiger partial charge in [-0.15, -0.1) is 0 Å². The average Bonchev–Trinajstić information content (AvgIpc) is 2.44. The minimum absolute atomic E-state index is 0.210. The van der Waals surface area contributed by atoms with Crippen molar-refractivity contribution in [1.82, 2.24) is 0 Å². The smallest absolute Gasteiger partial charge is 0.341 e. The Morgan fingerprint density at radius 3 is 2.90 bits per heavy atom. The highest BCUT2D eigenvalue weighted by Crippen LogP contribution is 2.33. The van der Waals surface area contributed by atoms with Crippen molar-refractivity contribution in [3.05, 3.63) is 35.9 Å². The number of rotatable bonds is 3. The molecule has 1 heterocycles. The van der Waals surface area contributed by atoms with E-state index in [2.05, 4.69) is 0 Å². The predicted molar refractivity (Wildman–Crippen MR) is 71.0 cm³/mol. The monoisotopic (exact) mass is 272 g/mol. The summed E-state index contributed by atoms with van der Waals surface area (Å²) in [5, 5.41) is 10.5. The molecule has 0 spiro atoms. The van der Waals surface area contributed by atoms with E-state index in [0.717, 1.165) is 16.3 Å². The molecule has 5 nitrogen and oxygen atoms in total. The maximum absolute atomic E-state index is 11.3. The summed E-state index contributed by atoms with van der Waals surface area (Å²) in [6.07, 6.45) is 1.03. The first-order chi connectivity index (χ1) is 9.63. The van der Waals surface area contributed by atoms with Gasteiger partial charge in [0.05, 0.1) is 6.42 Å². The second-order valence-electron chi connectivity index (χ2n) is 4.58. The standard InChI is InChI=1S/C15H12O5/c16-14(17)8-19-10-2-3-11-9(7-10)1-5-13-12(11)4-6-15(18)20-13/h1-3,5,7H,4,6,8H2,(H,16,17). The first-order valence-electron chi connectivity index (χ1n) is 6.24. The van der Waals surface area contributed by atoms with Gasteiger partial charge in [0, 0.05) is 5.56 Å². The number of esters is 1. The highest BCUT2D eigenvalue weighted by molar-refractivity contribution is 5.91. The third kappa shape index (κ3) is 2.30. The van der Waals surface area contributed by atoms with E-state index in [1.54, 1.807) is 18.2 Å². The number of carbonyl (C=O) groups excluding carboxylic acids is 1. The van der Waals surface area contributed by atoms with E-state index in [0.29, 0.717) is 24.3 Å². The summed E-state index contributed by atoms with van der Waals surface area (Å²) in [6, 6.07) is 8.97. The lowest BCUT2D eigenvalue weighted by Crippen LogP contribution is -2.15. The van der Waals surface area contributed by atoms with Crippen LogP contribution in [0.3, 0.4) is 0 Å². The fraction of sp³-hybridized carbons (Fsp3) is 0.200. The molecule has 1 aliphatic heterocycles. The number of hydrogen-bond donors (Lipinski definition) is 1. The zero-order valence-corrected chi connectivity index (χ0v) is 10.6. The molecule has 102 valence electrons. The Kier molecular flexibility index (Phi) is 3.02. The molecule has 0 radical (unpaired) electrons. The molecule has 0 unspecified atom stereocenters. The fourth-order valence-electron chi connectivity index (χ4n) is 2.34. The molecule has 2 aromatic rings. The Morgan fingerprint density at radius 1 is 1.25 bits per heavy atom. The van der Waals surface area contributed by atoms with Crippen LogP contribution in [0.5, 0.6) is 11.5 Å². The van der Waals surface area contributed by atoms with Crippen LogP contribution in [0.4, 0.5) is 0 Å². The van der Waals surface area contributed by atoms with E-state index in [1.165, 1.54) is 0 Å². The van der Waals surface area contributed by atoms with Gasteiger partial charge in [0.1, 0.15) is 11.5 Å². The van der Waals surface area contributed by atoms with E-state index in [1.807, 2.05) is 12.1 Å². The van der Waals surface area contributed by atoms with Gasteiger partial charge in [0.15, 0.2) is 6.61 Å². The molecular formula is C15H12O5. The maximum Gasteiger partial charge on any atom is 0.341 e. The molecule has 3 rings (SSSR count). The topological polar surface area (TPSA) is 72.8 Å². The van der Waals surface area contributed by atoms with Gasteiger partial charge < -0.3 is 14.6 Å². The van der Waals surface area contributed by atoms with Crippen molar-refractivity contribution in [1.29, 1.82) is 0 Å². The van der Waals surface area contributed by atoms with Crippen molar-refractivity contribution < 1.29 is 24.2 Å². The van der Waals surface area contributed by atoms with Crippen molar-refractivity contribution >= 4 is 22.7 Å². The molecule has 5 heteroatoms. The van der Waals surface area contributed by atoms with Gasteiger partial charge in [-0.2, -0.15) is 0 Å². The molecule has 0 amide bonds. The number of carboxylic acid groups (broad SMARTS) is 1.